The van der Waals surface area contributed by atoms with E-state index in [-0.39, 0.29) is 4.90 Å². The lowest BCUT2D eigenvalue weighted by Crippen LogP contribution is -2.12. The number of nitrogens with one attached hydrogen (secondary N) is 1. The second-order valence-corrected chi connectivity index (χ2v) is 5.22. The van der Waals surface area contributed by atoms with E-state index in [0.29, 0.717) is 11.3 Å². The lowest BCUT2D eigenvalue weighted by molar-refractivity contribution is 0.601. The zero-order chi connectivity index (χ0) is 13.0. The maximum atomic E-state index is 12.0. The largest absolute Gasteiger partial charge is 0.280 e. The van der Waals surface area contributed by atoms with Crippen molar-refractivity contribution in [1.82, 2.24) is 0 Å². The standard InChI is InChI=1S/C13H9N2O2S/c14-10-11-5-4-8-13(9-11)18(16,17)15-12-6-2-1-3-7-12/h1-2,4-9,15H. The molecular weight excluding hydrogens is 248 g/mol. The molecule has 0 aliphatic rings. The summed E-state index contributed by atoms with van der Waals surface area (Å²) in [5.74, 6) is 0. The van der Waals surface area contributed by atoms with Gasteiger partial charge in [-0.3, -0.25) is 4.72 Å². The van der Waals surface area contributed by atoms with Crippen LogP contribution in [0.15, 0.2) is 53.4 Å². The number of benzene rings is 2. The number of nitriles is 1. The van der Waals surface area contributed by atoms with Gasteiger partial charge in [-0.25, -0.2) is 8.42 Å². The van der Waals surface area contributed by atoms with E-state index < -0.39 is 10.0 Å². The molecule has 0 fully saturated rings. The Morgan fingerprint density at radius 3 is 2.72 bits per heavy atom. The minimum Gasteiger partial charge on any atom is -0.280 e. The van der Waals surface area contributed by atoms with E-state index in [0.717, 1.165) is 0 Å². The van der Waals surface area contributed by atoms with Crippen molar-refractivity contribution in [3.8, 4) is 6.07 Å². The van der Waals surface area contributed by atoms with Crippen LogP contribution >= 0.6 is 0 Å². The van der Waals surface area contributed by atoms with Gasteiger partial charge in [-0.15, -0.1) is 0 Å². The summed E-state index contributed by atoms with van der Waals surface area (Å²) >= 11 is 0. The highest BCUT2D eigenvalue weighted by molar-refractivity contribution is 7.92. The van der Waals surface area contributed by atoms with Crippen LogP contribution < -0.4 is 4.72 Å². The topological polar surface area (TPSA) is 70.0 Å². The molecule has 0 aliphatic carbocycles. The summed E-state index contributed by atoms with van der Waals surface area (Å²) in [5, 5.41) is 8.75. The number of sulfonamides is 1. The normalized spacial score (nSPS) is 10.6. The molecule has 0 spiro atoms. The second kappa shape index (κ2) is 4.90. The Balaban J connectivity index is 2.34. The third kappa shape index (κ3) is 2.67. The Morgan fingerprint density at radius 1 is 1.22 bits per heavy atom. The first-order valence-corrected chi connectivity index (χ1v) is 6.59. The molecule has 2 aromatic rings. The quantitative estimate of drug-likeness (QED) is 0.916. The zero-order valence-corrected chi connectivity index (χ0v) is 10.1. The fourth-order valence-electron chi connectivity index (χ4n) is 1.40. The molecule has 0 unspecified atom stereocenters. The minimum atomic E-state index is -3.67. The molecule has 0 saturated carbocycles. The fourth-order valence-corrected chi connectivity index (χ4v) is 2.50. The van der Waals surface area contributed by atoms with E-state index in [9.17, 15) is 8.42 Å². The molecule has 5 heteroatoms. The zero-order valence-electron chi connectivity index (χ0n) is 9.29. The molecule has 18 heavy (non-hydrogen) atoms. The summed E-state index contributed by atoms with van der Waals surface area (Å²) < 4.78 is 26.5. The van der Waals surface area contributed by atoms with E-state index in [1.54, 1.807) is 24.3 Å². The van der Waals surface area contributed by atoms with Gasteiger partial charge in [-0.1, -0.05) is 18.2 Å². The highest BCUT2D eigenvalue weighted by Crippen LogP contribution is 2.16. The van der Waals surface area contributed by atoms with Gasteiger partial charge < -0.3 is 0 Å². The molecule has 0 heterocycles. The van der Waals surface area contributed by atoms with Crippen molar-refractivity contribution >= 4 is 15.7 Å². The summed E-state index contributed by atoms with van der Waals surface area (Å²) in [5.41, 5.74) is 0.734. The van der Waals surface area contributed by atoms with Gasteiger partial charge in [-0.05, 0) is 36.4 Å². The van der Waals surface area contributed by atoms with Crippen molar-refractivity contribution in [2.75, 3.05) is 4.72 Å². The van der Waals surface area contributed by atoms with Crippen molar-refractivity contribution in [1.29, 1.82) is 5.26 Å². The fraction of sp³-hybridized carbons (Fsp3) is 0. The first kappa shape index (κ1) is 12.1. The van der Waals surface area contributed by atoms with Crippen molar-refractivity contribution in [3.05, 3.63) is 60.2 Å². The highest BCUT2D eigenvalue weighted by Gasteiger charge is 2.14. The van der Waals surface area contributed by atoms with Crippen LogP contribution in [0.25, 0.3) is 0 Å². The first-order valence-electron chi connectivity index (χ1n) is 5.11. The van der Waals surface area contributed by atoms with E-state index in [4.69, 9.17) is 5.26 Å². The lowest BCUT2D eigenvalue weighted by atomic mass is 10.2. The van der Waals surface area contributed by atoms with Crippen LogP contribution in [-0.2, 0) is 10.0 Å². The van der Waals surface area contributed by atoms with Gasteiger partial charge in [0.1, 0.15) is 0 Å². The molecule has 2 rings (SSSR count). The molecule has 1 radical (unpaired) electrons. The van der Waals surface area contributed by atoms with E-state index in [1.165, 1.54) is 24.3 Å². The van der Waals surface area contributed by atoms with E-state index in [1.807, 2.05) is 6.07 Å². The minimum absolute atomic E-state index is 0.0606. The second-order valence-electron chi connectivity index (χ2n) is 3.54. The molecule has 4 nitrogen and oxygen atoms in total. The maximum Gasteiger partial charge on any atom is 0.261 e. The van der Waals surface area contributed by atoms with Crippen molar-refractivity contribution in [2.45, 2.75) is 4.90 Å². The van der Waals surface area contributed by atoms with Gasteiger partial charge >= 0.3 is 0 Å². The van der Waals surface area contributed by atoms with Crippen molar-refractivity contribution in [2.24, 2.45) is 0 Å². The molecule has 1 N–H and O–H groups in total. The lowest BCUT2D eigenvalue weighted by Gasteiger charge is -2.07. The van der Waals surface area contributed by atoms with Crippen LogP contribution in [0, 0.1) is 17.4 Å². The summed E-state index contributed by atoms with van der Waals surface area (Å²) in [6, 6.07) is 17.1. The predicted octanol–water partition coefficient (Wildman–Crippen LogP) is 2.16. The number of hydrogen-bond donors (Lipinski definition) is 1. The monoisotopic (exact) mass is 257 g/mol. The SMILES string of the molecule is N#Cc1cccc(S(=O)(=O)Nc2c[c]ccc2)c1. The molecule has 89 valence electrons. The Hall–Kier alpha value is -2.32. The highest BCUT2D eigenvalue weighted by atomic mass is 32.2. The third-order valence-corrected chi connectivity index (χ3v) is 3.61. The van der Waals surface area contributed by atoms with Crippen molar-refractivity contribution in [3.63, 3.8) is 0 Å². The summed E-state index contributed by atoms with van der Waals surface area (Å²) in [4.78, 5) is 0.0606. The first-order chi connectivity index (χ1) is 8.62. The van der Waals surface area contributed by atoms with Crippen molar-refractivity contribution < 1.29 is 8.42 Å². The van der Waals surface area contributed by atoms with Gasteiger partial charge in [0.05, 0.1) is 16.5 Å². The average molecular weight is 257 g/mol. The smallest absolute Gasteiger partial charge is 0.261 e. The molecule has 0 atom stereocenters. The molecule has 0 aliphatic heterocycles. The Morgan fingerprint density at radius 2 is 2.06 bits per heavy atom. The summed E-state index contributed by atoms with van der Waals surface area (Å²) in [6.45, 7) is 0. The molecular formula is C13H9N2O2S. The molecule has 0 aromatic heterocycles. The van der Waals surface area contributed by atoms with Crippen LogP contribution in [0.3, 0.4) is 0 Å². The Bertz CT molecular complexity index is 688. The van der Waals surface area contributed by atoms with Gasteiger partial charge in [0.15, 0.2) is 0 Å². The van der Waals surface area contributed by atoms with Crippen LogP contribution in [0.5, 0.6) is 0 Å². The third-order valence-electron chi connectivity index (χ3n) is 2.23. The Kier molecular flexibility index (Phi) is 3.31. The predicted molar refractivity (Wildman–Crippen MR) is 67.2 cm³/mol. The van der Waals surface area contributed by atoms with Crippen LogP contribution in [0.2, 0.25) is 0 Å². The Labute approximate surface area is 106 Å². The summed E-state index contributed by atoms with van der Waals surface area (Å²) in [7, 11) is -3.67. The van der Waals surface area contributed by atoms with Gasteiger partial charge in [0, 0.05) is 5.69 Å². The number of rotatable bonds is 3. The number of nitrogens with zero attached hydrogens (tertiary/aromatic N) is 1. The molecule has 0 saturated heterocycles. The molecule has 0 amide bonds. The van der Waals surface area contributed by atoms with Crippen LogP contribution in [-0.4, -0.2) is 8.42 Å². The maximum absolute atomic E-state index is 12.0. The van der Waals surface area contributed by atoms with Gasteiger partial charge in [-0.2, -0.15) is 5.26 Å². The average Bonchev–Trinajstić information content (AvgIpc) is 2.39. The van der Waals surface area contributed by atoms with Gasteiger partial charge in [0.2, 0.25) is 0 Å². The number of hydrogen-bond acceptors (Lipinski definition) is 3. The van der Waals surface area contributed by atoms with E-state index >= 15 is 0 Å². The van der Waals surface area contributed by atoms with Crippen LogP contribution in [0.4, 0.5) is 5.69 Å². The van der Waals surface area contributed by atoms with Crippen LogP contribution in [0.1, 0.15) is 5.56 Å². The van der Waals surface area contributed by atoms with E-state index in [2.05, 4.69) is 10.8 Å². The molecule has 2 aromatic carbocycles. The summed E-state index contributed by atoms with van der Waals surface area (Å²) in [6.07, 6.45) is 0. The van der Waals surface area contributed by atoms with Gasteiger partial charge in [0.25, 0.3) is 10.0 Å². The number of anilines is 1. The molecule has 0 bridgehead atoms.